The second-order valence-electron chi connectivity index (χ2n) is 3.93. The molecule has 0 aromatic carbocycles. The van der Waals surface area contributed by atoms with E-state index in [1.807, 2.05) is 9.47 Å². The Kier molecular flexibility index (Phi) is 5.76. The summed E-state index contributed by atoms with van der Waals surface area (Å²) in [5.41, 5.74) is 0. The van der Waals surface area contributed by atoms with Crippen molar-refractivity contribution in [1.29, 1.82) is 0 Å². The molecule has 0 rings (SSSR count). The predicted octanol–water partition coefficient (Wildman–Crippen LogP) is 5.03. The minimum absolute atomic E-state index is 0.970. The van der Waals surface area contributed by atoms with Crippen LogP contribution >= 0.6 is 0 Å². The third-order valence-corrected chi connectivity index (χ3v) is 2.14. The van der Waals surface area contributed by atoms with Gasteiger partial charge in [0.1, 0.15) is 0 Å². The van der Waals surface area contributed by atoms with Crippen molar-refractivity contribution < 1.29 is 62.2 Å². The van der Waals surface area contributed by atoms with E-state index >= 15 is 0 Å². The summed E-state index contributed by atoms with van der Waals surface area (Å²) in [6.07, 6.45) is -28.4. The molecule has 0 atom stereocenters. The molecule has 0 aromatic heterocycles. The minimum atomic E-state index is -6.87. The van der Waals surface area contributed by atoms with Crippen molar-refractivity contribution in [2.75, 3.05) is 0 Å². The van der Waals surface area contributed by atoms with E-state index in [-0.39, 0.29) is 0 Å². The van der Waals surface area contributed by atoms with E-state index < -0.39 is 48.4 Å². The summed E-state index contributed by atoms with van der Waals surface area (Å²) in [6, 6.07) is 0. The first-order valence-electron chi connectivity index (χ1n) is 5.23. The van der Waals surface area contributed by atoms with Crippen LogP contribution < -0.4 is 0 Å². The molecule has 0 spiro atoms. The Labute approximate surface area is 125 Å². The fourth-order valence-corrected chi connectivity index (χ4v) is 0.815. The highest BCUT2D eigenvalue weighted by molar-refractivity contribution is 4.96. The van der Waals surface area contributed by atoms with Gasteiger partial charge in [0.15, 0.2) is 0 Å². The minimum Gasteiger partial charge on any atom is -0.243 e. The monoisotopic (exact) mass is 386 g/mol. The van der Waals surface area contributed by atoms with E-state index in [0.717, 1.165) is 0 Å². The van der Waals surface area contributed by atoms with Crippen molar-refractivity contribution in [2.45, 2.75) is 36.3 Å². The zero-order chi connectivity index (χ0) is 19.8. The highest BCUT2D eigenvalue weighted by Gasteiger charge is 2.73. The molecule has 0 N–H and O–H groups in total. The molecule has 0 aliphatic heterocycles. The lowest BCUT2D eigenvalue weighted by Crippen LogP contribution is -2.57. The predicted molar refractivity (Wildman–Crippen MR) is 52.2 cm³/mol. The fourth-order valence-electron chi connectivity index (χ4n) is 0.815. The van der Waals surface area contributed by atoms with Gasteiger partial charge in [-0.3, -0.25) is 0 Å². The Bertz CT molecular complexity index is 440. The standard InChI is InChI=1S/C10H6F12O2/c1-3-5(11,12)7(15,16)23-9(19,20)10(21,22)24-8(17,18)6(13,14)4-2/h3-4H,1-2H2. The van der Waals surface area contributed by atoms with Crippen LogP contribution in [0.1, 0.15) is 0 Å². The van der Waals surface area contributed by atoms with Crippen LogP contribution in [0.3, 0.4) is 0 Å². The molecule has 2 nitrogen and oxygen atoms in total. The molecule has 142 valence electrons. The molecular formula is C10H6F12O2. The maximum Gasteiger partial charge on any atom is 0.453 e. The van der Waals surface area contributed by atoms with Gasteiger partial charge in [-0.2, -0.15) is 52.7 Å². The van der Waals surface area contributed by atoms with Gasteiger partial charge in [-0.15, -0.1) is 0 Å². The first-order chi connectivity index (χ1) is 10.3. The Hall–Kier alpha value is -1.44. The third kappa shape index (κ3) is 4.15. The van der Waals surface area contributed by atoms with Crippen LogP contribution in [-0.4, -0.2) is 36.3 Å². The molecule has 0 unspecified atom stereocenters. The van der Waals surface area contributed by atoms with Gasteiger partial charge in [0.25, 0.3) is 0 Å². The molecule has 0 bridgehead atoms. The van der Waals surface area contributed by atoms with E-state index in [4.69, 9.17) is 0 Å². The lowest BCUT2D eigenvalue weighted by molar-refractivity contribution is -0.535. The zero-order valence-electron chi connectivity index (χ0n) is 10.9. The maximum atomic E-state index is 12.8. The molecule has 0 aromatic rings. The van der Waals surface area contributed by atoms with Gasteiger partial charge in [-0.05, 0) is 12.2 Å². The van der Waals surface area contributed by atoms with Crippen molar-refractivity contribution in [1.82, 2.24) is 0 Å². The van der Waals surface area contributed by atoms with Crippen LogP contribution in [0.25, 0.3) is 0 Å². The molecule has 0 saturated heterocycles. The first kappa shape index (κ1) is 22.6. The fraction of sp³-hybridized carbons (Fsp3) is 0.600. The van der Waals surface area contributed by atoms with Crippen LogP contribution in [0, 0.1) is 0 Å². The average molecular weight is 386 g/mol. The van der Waals surface area contributed by atoms with Crippen LogP contribution in [0.2, 0.25) is 0 Å². The summed E-state index contributed by atoms with van der Waals surface area (Å²) < 4.78 is 156. The number of halogens is 12. The topological polar surface area (TPSA) is 18.5 Å². The summed E-state index contributed by atoms with van der Waals surface area (Å²) in [5, 5.41) is 0. The molecule has 0 aliphatic carbocycles. The molecule has 0 heterocycles. The molecule has 0 fully saturated rings. The number of hydrogen-bond donors (Lipinski definition) is 0. The summed E-state index contributed by atoms with van der Waals surface area (Å²) >= 11 is 0. The van der Waals surface area contributed by atoms with Crippen molar-refractivity contribution >= 4 is 0 Å². The number of hydrogen-bond acceptors (Lipinski definition) is 2. The van der Waals surface area contributed by atoms with Crippen LogP contribution in [0.4, 0.5) is 52.7 Å². The van der Waals surface area contributed by atoms with Crippen molar-refractivity contribution in [2.24, 2.45) is 0 Å². The van der Waals surface area contributed by atoms with Gasteiger partial charge in [-0.25, -0.2) is 9.47 Å². The van der Waals surface area contributed by atoms with Crippen LogP contribution in [0.5, 0.6) is 0 Å². The summed E-state index contributed by atoms with van der Waals surface area (Å²) in [7, 11) is 0. The maximum absolute atomic E-state index is 12.8. The zero-order valence-corrected chi connectivity index (χ0v) is 10.9. The van der Waals surface area contributed by atoms with E-state index in [9.17, 15) is 52.7 Å². The Morgan fingerprint density at radius 3 is 0.833 bits per heavy atom. The molecule has 14 heteroatoms. The molecule has 0 aliphatic rings. The molecule has 0 radical (unpaired) electrons. The van der Waals surface area contributed by atoms with Gasteiger partial charge in [0.05, 0.1) is 0 Å². The SMILES string of the molecule is C=CC(F)(F)C(F)(F)OC(F)(F)C(F)(F)OC(F)(F)C(F)(F)C=C. The van der Waals surface area contributed by atoms with Gasteiger partial charge < -0.3 is 0 Å². The first-order valence-corrected chi connectivity index (χ1v) is 5.23. The molecular weight excluding hydrogens is 380 g/mol. The highest BCUT2D eigenvalue weighted by atomic mass is 19.4. The third-order valence-electron chi connectivity index (χ3n) is 2.14. The van der Waals surface area contributed by atoms with E-state index in [2.05, 4.69) is 13.2 Å². The molecule has 24 heavy (non-hydrogen) atoms. The molecule has 0 amide bonds. The second-order valence-corrected chi connectivity index (χ2v) is 3.93. The number of rotatable bonds is 9. The smallest absolute Gasteiger partial charge is 0.243 e. The van der Waals surface area contributed by atoms with Crippen LogP contribution in [-0.2, 0) is 9.47 Å². The van der Waals surface area contributed by atoms with Crippen molar-refractivity contribution in [3.05, 3.63) is 25.3 Å². The van der Waals surface area contributed by atoms with Crippen LogP contribution in [0.15, 0.2) is 25.3 Å². The van der Waals surface area contributed by atoms with E-state index in [0.29, 0.717) is 0 Å². The lowest BCUT2D eigenvalue weighted by Gasteiger charge is -2.34. The Balaban J connectivity index is 5.62. The van der Waals surface area contributed by atoms with Gasteiger partial charge in [0, 0.05) is 0 Å². The summed E-state index contributed by atoms with van der Waals surface area (Å²) in [5.74, 6) is -11.3. The second kappa shape index (κ2) is 6.13. The Morgan fingerprint density at radius 2 is 0.667 bits per heavy atom. The van der Waals surface area contributed by atoms with Gasteiger partial charge in [0.2, 0.25) is 0 Å². The quantitative estimate of drug-likeness (QED) is 0.409. The summed E-state index contributed by atoms with van der Waals surface area (Å²) in [4.78, 5) is 0. The number of ether oxygens (including phenoxy) is 2. The largest absolute Gasteiger partial charge is 0.453 e. The van der Waals surface area contributed by atoms with E-state index in [1.54, 1.807) is 0 Å². The normalized spacial score (nSPS) is 15.3. The molecule has 0 saturated carbocycles. The van der Waals surface area contributed by atoms with Crippen molar-refractivity contribution in [3.63, 3.8) is 0 Å². The average Bonchev–Trinajstić information content (AvgIpc) is 2.35. The number of alkyl halides is 12. The van der Waals surface area contributed by atoms with Gasteiger partial charge >= 0.3 is 36.3 Å². The lowest BCUT2D eigenvalue weighted by atomic mass is 10.3. The van der Waals surface area contributed by atoms with Crippen molar-refractivity contribution in [3.8, 4) is 0 Å². The van der Waals surface area contributed by atoms with Gasteiger partial charge in [-0.1, -0.05) is 13.2 Å². The Morgan fingerprint density at radius 1 is 0.458 bits per heavy atom. The summed E-state index contributed by atoms with van der Waals surface area (Å²) in [6.45, 7) is 4.18. The highest BCUT2D eigenvalue weighted by Crippen LogP contribution is 2.49. The van der Waals surface area contributed by atoms with E-state index in [1.165, 1.54) is 0 Å².